The first-order valence-corrected chi connectivity index (χ1v) is 10.8. The number of aryl methyl sites for hydroxylation is 1. The molecule has 0 aliphatic carbocycles. The lowest BCUT2D eigenvalue weighted by molar-refractivity contribution is -0.274. The Balaban J connectivity index is 1.65. The van der Waals surface area contributed by atoms with Gasteiger partial charge >= 0.3 is 6.36 Å². The molecule has 35 heavy (non-hydrogen) atoms. The van der Waals surface area contributed by atoms with Crippen LogP contribution >= 0.6 is 0 Å². The van der Waals surface area contributed by atoms with E-state index in [2.05, 4.69) is 20.0 Å². The monoisotopic (exact) mass is 483 g/mol. The van der Waals surface area contributed by atoms with Crippen LogP contribution in [0.3, 0.4) is 0 Å². The zero-order chi connectivity index (χ0) is 25.2. The highest BCUT2D eigenvalue weighted by molar-refractivity contribution is 5.92. The van der Waals surface area contributed by atoms with E-state index in [1.807, 2.05) is 44.2 Å². The van der Waals surface area contributed by atoms with Crippen molar-refractivity contribution in [1.82, 2.24) is 9.97 Å². The summed E-state index contributed by atoms with van der Waals surface area (Å²) in [6.45, 7) is 3.79. The Kier molecular flexibility index (Phi) is 6.68. The molecule has 1 heterocycles. The number of methoxy groups -OCH3 is 2. The summed E-state index contributed by atoms with van der Waals surface area (Å²) in [4.78, 5) is 9.09. The minimum atomic E-state index is -4.75. The molecule has 0 radical (unpaired) electrons. The van der Waals surface area contributed by atoms with Crippen molar-refractivity contribution in [3.8, 4) is 28.4 Å². The van der Waals surface area contributed by atoms with Gasteiger partial charge in [-0.15, -0.1) is 13.2 Å². The van der Waals surface area contributed by atoms with Gasteiger partial charge in [0.2, 0.25) is 0 Å². The third kappa shape index (κ3) is 5.56. The number of fused-ring (bicyclic) bond motifs is 1. The molecule has 0 aliphatic rings. The lowest BCUT2D eigenvalue weighted by atomic mass is 10.00. The van der Waals surface area contributed by atoms with Gasteiger partial charge in [0.05, 0.1) is 19.7 Å². The quantitative estimate of drug-likeness (QED) is 0.316. The molecule has 1 N–H and O–H groups in total. The maximum absolute atomic E-state index is 12.6. The molecule has 0 aliphatic heterocycles. The van der Waals surface area contributed by atoms with Crippen LogP contribution in [0.25, 0.3) is 22.0 Å². The Labute approximate surface area is 200 Å². The summed E-state index contributed by atoms with van der Waals surface area (Å²) in [6.07, 6.45) is -4.75. The van der Waals surface area contributed by atoms with E-state index in [1.165, 1.54) is 18.2 Å². The average Bonchev–Trinajstić information content (AvgIpc) is 2.82. The van der Waals surface area contributed by atoms with Crippen molar-refractivity contribution in [2.75, 3.05) is 19.5 Å². The zero-order valence-electron chi connectivity index (χ0n) is 19.6. The van der Waals surface area contributed by atoms with Gasteiger partial charge in [-0.1, -0.05) is 30.3 Å². The highest BCUT2D eigenvalue weighted by Crippen LogP contribution is 2.35. The van der Waals surface area contributed by atoms with Crippen molar-refractivity contribution in [2.24, 2.45) is 0 Å². The molecule has 0 fully saturated rings. The molecule has 0 saturated carbocycles. The molecule has 1 atom stereocenters. The van der Waals surface area contributed by atoms with Crippen LogP contribution in [0.15, 0.2) is 60.7 Å². The van der Waals surface area contributed by atoms with Gasteiger partial charge in [0, 0.05) is 17.5 Å². The minimum absolute atomic E-state index is 0.171. The fraction of sp³-hybridized carbons (Fsp3) is 0.231. The van der Waals surface area contributed by atoms with E-state index in [9.17, 15) is 13.2 Å². The van der Waals surface area contributed by atoms with Gasteiger partial charge in [0.25, 0.3) is 0 Å². The van der Waals surface area contributed by atoms with Crippen LogP contribution in [0.1, 0.15) is 24.4 Å². The third-order valence-electron chi connectivity index (χ3n) is 5.45. The zero-order valence-corrected chi connectivity index (χ0v) is 19.6. The van der Waals surface area contributed by atoms with Gasteiger partial charge in [-0.3, -0.25) is 0 Å². The molecular weight excluding hydrogens is 459 g/mol. The van der Waals surface area contributed by atoms with Crippen LogP contribution in [-0.4, -0.2) is 30.5 Å². The van der Waals surface area contributed by atoms with E-state index >= 15 is 0 Å². The number of aromatic nitrogens is 2. The Bertz CT molecular complexity index is 1360. The summed E-state index contributed by atoms with van der Waals surface area (Å²) in [5.41, 5.74) is 3.01. The first kappa shape index (κ1) is 24.1. The van der Waals surface area contributed by atoms with Crippen molar-refractivity contribution >= 4 is 16.7 Å². The molecule has 0 spiro atoms. The normalized spacial score (nSPS) is 12.3. The molecule has 4 rings (SSSR count). The van der Waals surface area contributed by atoms with E-state index < -0.39 is 6.36 Å². The van der Waals surface area contributed by atoms with Crippen molar-refractivity contribution in [1.29, 1.82) is 0 Å². The number of hydrogen-bond acceptors (Lipinski definition) is 6. The topological polar surface area (TPSA) is 65.5 Å². The number of hydrogen-bond donors (Lipinski definition) is 1. The SMILES string of the molecule is COc1cc2nc(C)nc(NC(C)c3cccc(-c4cccc(OC(F)(F)F)c4)c3)c2cc1OC. The van der Waals surface area contributed by atoms with Crippen molar-refractivity contribution in [2.45, 2.75) is 26.3 Å². The van der Waals surface area contributed by atoms with Gasteiger partial charge in [-0.25, -0.2) is 9.97 Å². The summed E-state index contributed by atoms with van der Waals surface area (Å²) in [5, 5.41) is 4.20. The Morgan fingerprint density at radius 1 is 0.857 bits per heavy atom. The van der Waals surface area contributed by atoms with Crippen LogP contribution in [0, 0.1) is 6.92 Å². The Morgan fingerprint density at radius 3 is 2.20 bits per heavy atom. The van der Waals surface area contributed by atoms with E-state index in [4.69, 9.17) is 9.47 Å². The van der Waals surface area contributed by atoms with E-state index in [0.717, 1.165) is 16.5 Å². The largest absolute Gasteiger partial charge is 0.573 e. The molecule has 0 bridgehead atoms. The molecule has 0 amide bonds. The lowest BCUT2D eigenvalue weighted by Gasteiger charge is -2.19. The van der Waals surface area contributed by atoms with Gasteiger partial charge in [-0.2, -0.15) is 0 Å². The molecule has 3 aromatic carbocycles. The number of nitrogens with zero attached hydrogens (tertiary/aromatic N) is 2. The summed E-state index contributed by atoms with van der Waals surface area (Å²) >= 11 is 0. The Hall–Kier alpha value is -4.01. The predicted octanol–water partition coefficient (Wildman–Crippen LogP) is 6.69. The lowest BCUT2D eigenvalue weighted by Crippen LogP contribution is -2.17. The second-order valence-electron chi connectivity index (χ2n) is 7.91. The van der Waals surface area contributed by atoms with E-state index in [-0.39, 0.29) is 11.8 Å². The van der Waals surface area contributed by atoms with E-state index in [1.54, 1.807) is 26.4 Å². The summed E-state index contributed by atoms with van der Waals surface area (Å²) in [7, 11) is 3.13. The van der Waals surface area contributed by atoms with Gasteiger partial charge in [0.1, 0.15) is 17.4 Å². The summed E-state index contributed by atoms with van der Waals surface area (Å²) < 4.78 is 52.8. The molecule has 182 valence electrons. The number of benzene rings is 3. The molecule has 1 aromatic heterocycles. The molecule has 6 nitrogen and oxygen atoms in total. The van der Waals surface area contributed by atoms with Crippen LogP contribution in [0.4, 0.5) is 19.0 Å². The minimum Gasteiger partial charge on any atom is -0.493 e. The fourth-order valence-electron chi connectivity index (χ4n) is 3.83. The van der Waals surface area contributed by atoms with Crippen LogP contribution in [-0.2, 0) is 0 Å². The van der Waals surface area contributed by atoms with Gasteiger partial charge in [-0.05, 0) is 54.8 Å². The molecule has 1 unspecified atom stereocenters. The molecule has 4 aromatic rings. The molecule has 9 heteroatoms. The number of alkyl halides is 3. The van der Waals surface area contributed by atoms with E-state index in [0.29, 0.717) is 34.2 Å². The van der Waals surface area contributed by atoms with Crippen LogP contribution < -0.4 is 19.5 Å². The molecule has 0 saturated heterocycles. The van der Waals surface area contributed by atoms with Gasteiger partial charge in [0.15, 0.2) is 11.5 Å². The number of halogens is 3. The first-order valence-electron chi connectivity index (χ1n) is 10.8. The fourth-order valence-corrected chi connectivity index (χ4v) is 3.83. The first-order chi connectivity index (χ1) is 16.7. The highest BCUT2D eigenvalue weighted by atomic mass is 19.4. The van der Waals surface area contributed by atoms with Crippen LogP contribution in [0.5, 0.6) is 17.2 Å². The smallest absolute Gasteiger partial charge is 0.493 e. The second-order valence-corrected chi connectivity index (χ2v) is 7.91. The van der Waals surface area contributed by atoms with Crippen molar-refractivity contribution in [3.05, 3.63) is 72.1 Å². The highest BCUT2D eigenvalue weighted by Gasteiger charge is 2.31. The number of anilines is 1. The summed E-state index contributed by atoms with van der Waals surface area (Å²) in [5.74, 6) is 2.09. The number of nitrogens with one attached hydrogen (secondary N) is 1. The third-order valence-corrected chi connectivity index (χ3v) is 5.45. The maximum atomic E-state index is 12.6. The Morgan fingerprint density at radius 2 is 1.51 bits per heavy atom. The summed E-state index contributed by atoms with van der Waals surface area (Å²) in [6, 6.07) is 16.9. The number of rotatable bonds is 7. The second kappa shape index (κ2) is 9.69. The van der Waals surface area contributed by atoms with Crippen molar-refractivity contribution < 1.29 is 27.4 Å². The number of ether oxygens (including phenoxy) is 3. The average molecular weight is 483 g/mol. The standard InChI is InChI=1S/C26H24F3N3O3/c1-15(30-25-21-13-23(33-3)24(34-4)14-22(21)31-16(2)32-25)17-7-5-8-18(11-17)19-9-6-10-20(12-19)35-26(27,28)29/h5-15H,1-4H3,(H,30,31,32). The molecular formula is C26H24F3N3O3. The van der Waals surface area contributed by atoms with Gasteiger partial charge < -0.3 is 19.5 Å². The van der Waals surface area contributed by atoms with Crippen molar-refractivity contribution in [3.63, 3.8) is 0 Å². The van der Waals surface area contributed by atoms with Crippen LogP contribution in [0.2, 0.25) is 0 Å². The maximum Gasteiger partial charge on any atom is 0.573 e. The predicted molar refractivity (Wildman–Crippen MR) is 128 cm³/mol.